The number of thioether (sulfide) groups is 1. The van der Waals surface area contributed by atoms with E-state index in [-0.39, 0.29) is 5.16 Å². The molecule has 0 radical (unpaired) electrons. The minimum atomic E-state index is -2.63. The summed E-state index contributed by atoms with van der Waals surface area (Å²) in [5, 5.41) is 13.3. The van der Waals surface area contributed by atoms with Crippen molar-refractivity contribution in [3.8, 4) is 17.1 Å². The van der Waals surface area contributed by atoms with E-state index in [1.807, 2.05) is 30.5 Å². The molecule has 1 N–H and O–H groups in total. The van der Waals surface area contributed by atoms with E-state index >= 15 is 0 Å². The number of alkyl halides is 2. The molecule has 0 saturated carbocycles. The van der Waals surface area contributed by atoms with Crippen LogP contribution in [0.1, 0.15) is 5.56 Å². The first kappa shape index (κ1) is 18.2. The van der Waals surface area contributed by atoms with E-state index in [2.05, 4.69) is 20.3 Å². The fourth-order valence-corrected chi connectivity index (χ4v) is 3.24. The van der Waals surface area contributed by atoms with E-state index in [0.717, 1.165) is 16.5 Å². The molecule has 0 atom stereocenters. The van der Waals surface area contributed by atoms with Crippen LogP contribution in [0.5, 0.6) is 5.75 Å². The van der Waals surface area contributed by atoms with Gasteiger partial charge in [-0.2, -0.15) is 18.6 Å². The lowest BCUT2D eigenvalue weighted by molar-refractivity contribution is 0.251. The van der Waals surface area contributed by atoms with E-state index in [1.165, 1.54) is 4.68 Å². The highest BCUT2D eigenvalue weighted by Crippen LogP contribution is 2.29. The molecule has 0 spiro atoms. The lowest BCUT2D eigenvalue weighted by atomic mass is 10.2. The van der Waals surface area contributed by atoms with Crippen LogP contribution in [0.2, 0.25) is 0 Å². The topological polar surface area (TPSA) is 68.1 Å². The summed E-state index contributed by atoms with van der Waals surface area (Å²) in [5.74, 6) is -1.59. The molecule has 2 aromatic carbocycles. The number of para-hydroxylation sites is 1. The molecule has 9 heteroatoms. The van der Waals surface area contributed by atoms with Crippen LogP contribution in [-0.4, -0.2) is 38.9 Å². The summed E-state index contributed by atoms with van der Waals surface area (Å²) < 4.78 is 32.4. The smallest absolute Gasteiger partial charge is 0.291 e. The van der Waals surface area contributed by atoms with Gasteiger partial charge in [-0.15, -0.1) is 10.2 Å². The predicted molar refractivity (Wildman–Crippen MR) is 105 cm³/mol. The molecule has 0 unspecified atom stereocenters. The molecule has 0 aliphatic heterocycles. The molecular weight excluding hydrogens is 384 g/mol. The van der Waals surface area contributed by atoms with Gasteiger partial charge in [-0.25, -0.2) is 0 Å². The molecule has 0 saturated heterocycles. The Hall–Kier alpha value is -3.20. The van der Waals surface area contributed by atoms with Gasteiger partial charge in [0.2, 0.25) is 5.16 Å². The normalized spacial score (nSPS) is 11.7. The third kappa shape index (κ3) is 3.61. The van der Waals surface area contributed by atoms with Crippen LogP contribution in [0.3, 0.4) is 0 Å². The second-order valence-corrected chi connectivity index (χ2v) is 6.72. The standard InChI is InChI=1S/C19H15F2N5OS/c1-27-14-8-6-12(7-9-14)17-24-25-19(28-18(20)21)26(17)23-11-13-10-22-16-5-3-2-4-15(13)16/h2-11,18,22H,1H3/b23-11+. The number of nitrogens with zero attached hydrogens (tertiary/aromatic N) is 4. The molecule has 6 nitrogen and oxygen atoms in total. The summed E-state index contributed by atoms with van der Waals surface area (Å²) in [6, 6.07) is 14.8. The number of H-pyrrole nitrogens is 1. The van der Waals surface area contributed by atoms with Crippen molar-refractivity contribution in [3.05, 3.63) is 60.3 Å². The Kier molecular flexibility index (Phi) is 5.07. The van der Waals surface area contributed by atoms with Gasteiger partial charge in [0, 0.05) is 28.2 Å². The van der Waals surface area contributed by atoms with Crippen molar-refractivity contribution in [1.29, 1.82) is 0 Å². The zero-order valence-electron chi connectivity index (χ0n) is 14.7. The SMILES string of the molecule is COc1ccc(-c2nnc(SC(F)F)n2/N=C/c2c[nH]c3ccccc23)cc1. The summed E-state index contributed by atoms with van der Waals surface area (Å²) in [7, 11) is 1.57. The Bertz CT molecular complexity index is 1120. The number of rotatable bonds is 6. The van der Waals surface area contributed by atoms with Gasteiger partial charge in [-0.1, -0.05) is 18.2 Å². The van der Waals surface area contributed by atoms with Gasteiger partial charge in [0.15, 0.2) is 5.82 Å². The van der Waals surface area contributed by atoms with Gasteiger partial charge in [-0.3, -0.25) is 0 Å². The summed E-state index contributed by atoms with van der Waals surface area (Å²) in [5.41, 5.74) is 2.48. The zero-order chi connectivity index (χ0) is 19.5. The average Bonchev–Trinajstić information content (AvgIpc) is 3.30. The highest BCUT2D eigenvalue weighted by Gasteiger charge is 2.18. The first-order valence-electron chi connectivity index (χ1n) is 8.31. The Balaban J connectivity index is 1.75. The highest BCUT2D eigenvalue weighted by atomic mass is 32.2. The van der Waals surface area contributed by atoms with Crippen molar-refractivity contribution < 1.29 is 13.5 Å². The summed E-state index contributed by atoms with van der Waals surface area (Å²) in [6.07, 6.45) is 3.41. The Morgan fingerprint density at radius 2 is 1.93 bits per heavy atom. The summed E-state index contributed by atoms with van der Waals surface area (Å²) in [4.78, 5) is 3.15. The number of hydrogen-bond acceptors (Lipinski definition) is 5. The molecule has 2 heterocycles. The lowest BCUT2D eigenvalue weighted by Gasteiger charge is -2.05. The number of hydrogen-bond donors (Lipinski definition) is 1. The van der Waals surface area contributed by atoms with Crippen molar-refractivity contribution in [1.82, 2.24) is 19.9 Å². The van der Waals surface area contributed by atoms with Crippen molar-refractivity contribution in [2.24, 2.45) is 5.10 Å². The highest BCUT2D eigenvalue weighted by molar-refractivity contribution is 7.99. The second-order valence-electron chi connectivity index (χ2n) is 5.76. The van der Waals surface area contributed by atoms with E-state index in [4.69, 9.17) is 4.74 Å². The third-order valence-corrected chi connectivity index (χ3v) is 4.73. The van der Waals surface area contributed by atoms with Crippen LogP contribution in [0.4, 0.5) is 8.78 Å². The van der Waals surface area contributed by atoms with Crippen molar-refractivity contribution in [2.75, 3.05) is 7.11 Å². The van der Waals surface area contributed by atoms with Crippen LogP contribution in [-0.2, 0) is 0 Å². The lowest BCUT2D eigenvalue weighted by Crippen LogP contribution is -1.98. The Morgan fingerprint density at radius 1 is 1.14 bits per heavy atom. The number of halogens is 2. The second kappa shape index (κ2) is 7.81. The Morgan fingerprint density at radius 3 is 2.68 bits per heavy atom. The summed E-state index contributed by atoms with van der Waals surface area (Å²) >= 11 is 0.299. The third-order valence-electron chi connectivity index (χ3n) is 4.09. The maximum absolute atomic E-state index is 12.9. The number of aromatic amines is 1. The number of ether oxygens (including phenoxy) is 1. The van der Waals surface area contributed by atoms with Gasteiger partial charge < -0.3 is 9.72 Å². The van der Waals surface area contributed by atoms with Gasteiger partial charge in [0.05, 0.1) is 13.3 Å². The first-order chi connectivity index (χ1) is 13.7. The zero-order valence-corrected chi connectivity index (χ0v) is 15.5. The van der Waals surface area contributed by atoms with Gasteiger partial charge >= 0.3 is 0 Å². The molecule has 142 valence electrons. The average molecular weight is 399 g/mol. The first-order valence-corrected chi connectivity index (χ1v) is 9.19. The molecule has 0 fully saturated rings. The van der Waals surface area contributed by atoms with Crippen LogP contribution in [0.15, 0.2) is 65.0 Å². The Labute approximate surface area is 163 Å². The molecule has 0 amide bonds. The monoisotopic (exact) mass is 399 g/mol. The largest absolute Gasteiger partial charge is 0.497 e. The predicted octanol–water partition coefficient (Wildman–Crippen LogP) is 4.63. The van der Waals surface area contributed by atoms with Crippen LogP contribution < -0.4 is 4.74 Å². The minimum absolute atomic E-state index is 0.0110. The summed E-state index contributed by atoms with van der Waals surface area (Å²) in [6.45, 7) is 0. The van der Waals surface area contributed by atoms with Gasteiger partial charge in [-0.05, 0) is 42.1 Å². The maximum atomic E-state index is 12.9. The number of aromatic nitrogens is 4. The molecule has 28 heavy (non-hydrogen) atoms. The fraction of sp³-hybridized carbons (Fsp3) is 0.105. The van der Waals surface area contributed by atoms with E-state index in [0.29, 0.717) is 28.9 Å². The maximum Gasteiger partial charge on any atom is 0.291 e. The molecule has 0 aliphatic rings. The molecule has 2 aromatic heterocycles. The van der Waals surface area contributed by atoms with E-state index < -0.39 is 5.76 Å². The van der Waals surface area contributed by atoms with Gasteiger partial charge in [0.25, 0.3) is 5.76 Å². The number of nitrogens with one attached hydrogen (secondary N) is 1. The molecule has 4 aromatic rings. The number of benzene rings is 2. The van der Waals surface area contributed by atoms with Crippen molar-refractivity contribution in [2.45, 2.75) is 10.9 Å². The molecule has 4 rings (SSSR count). The van der Waals surface area contributed by atoms with Crippen LogP contribution >= 0.6 is 11.8 Å². The van der Waals surface area contributed by atoms with Crippen molar-refractivity contribution >= 4 is 28.9 Å². The number of fused-ring (bicyclic) bond motifs is 1. The molecular formula is C19H15F2N5OS. The van der Waals surface area contributed by atoms with Crippen LogP contribution in [0, 0.1) is 0 Å². The van der Waals surface area contributed by atoms with E-state index in [9.17, 15) is 8.78 Å². The molecule has 0 bridgehead atoms. The van der Waals surface area contributed by atoms with Crippen LogP contribution in [0.25, 0.3) is 22.3 Å². The number of methoxy groups -OCH3 is 1. The quantitative estimate of drug-likeness (QED) is 0.379. The fourth-order valence-electron chi connectivity index (χ4n) is 2.76. The van der Waals surface area contributed by atoms with E-state index in [1.54, 1.807) is 37.6 Å². The van der Waals surface area contributed by atoms with Gasteiger partial charge in [0.1, 0.15) is 5.75 Å². The van der Waals surface area contributed by atoms with Crippen molar-refractivity contribution in [3.63, 3.8) is 0 Å². The minimum Gasteiger partial charge on any atom is -0.497 e. The molecule has 0 aliphatic carbocycles.